The molecule has 106 valence electrons. The second-order valence-corrected chi connectivity index (χ2v) is 6.81. The van der Waals surface area contributed by atoms with Gasteiger partial charge in [0.25, 0.3) is 0 Å². The highest BCUT2D eigenvalue weighted by Crippen LogP contribution is 2.34. The van der Waals surface area contributed by atoms with E-state index in [0.717, 1.165) is 36.2 Å². The van der Waals surface area contributed by atoms with E-state index >= 15 is 0 Å². The minimum Gasteiger partial charge on any atom is -0.341 e. The third-order valence-electron chi connectivity index (χ3n) is 4.21. The van der Waals surface area contributed by atoms with Crippen LogP contribution in [0.25, 0.3) is 0 Å². The Morgan fingerprint density at radius 1 is 1.32 bits per heavy atom. The van der Waals surface area contributed by atoms with Crippen LogP contribution in [0.4, 0.5) is 5.95 Å². The molecule has 19 heavy (non-hydrogen) atoms. The van der Waals surface area contributed by atoms with Gasteiger partial charge in [-0.3, -0.25) is 0 Å². The predicted molar refractivity (Wildman–Crippen MR) is 80.7 cm³/mol. The quantitative estimate of drug-likeness (QED) is 0.773. The van der Waals surface area contributed by atoms with Crippen molar-refractivity contribution >= 4 is 17.5 Å². The van der Waals surface area contributed by atoms with Gasteiger partial charge in [-0.2, -0.15) is 0 Å². The number of piperidine rings is 1. The zero-order chi connectivity index (χ0) is 14.0. The van der Waals surface area contributed by atoms with E-state index in [1.54, 1.807) is 0 Å². The van der Waals surface area contributed by atoms with Crippen LogP contribution in [0.15, 0.2) is 6.20 Å². The van der Waals surface area contributed by atoms with Gasteiger partial charge >= 0.3 is 0 Å². The Labute approximate surface area is 121 Å². The summed E-state index contributed by atoms with van der Waals surface area (Å²) in [5.74, 6) is 2.14. The van der Waals surface area contributed by atoms with E-state index in [1.165, 1.54) is 12.8 Å². The summed E-state index contributed by atoms with van der Waals surface area (Å²) in [7, 11) is 0. The van der Waals surface area contributed by atoms with Crippen molar-refractivity contribution in [3.05, 3.63) is 17.5 Å². The van der Waals surface area contributed by atoms with Gasteiger partial charge in [0.1, 0.15) is 0 Å². The molecular formula is C15H24ClN3. The maximum absolute atomic E-state index is 5.85. The van der Waals surface area contributed by atoms with Gasteiger partial charge in [0.15, 0.2) is 0 Å². The largest absolute Gasteiger partial charge is 0.341 e. The molecule has 3 nitrogen and oxygen atoms in total. The molecule has 0 amide bonds. The Morgan fingerprint density at radius 3 is 2.42 bits per heavy atom. The van der Waals surface area contributed by atoms with E-state index in [0.29, 0.717) is 11.3 Å². The van der Waals surface area contributed by atoms with Crippen molar-refractivity contribution < 1.29 is 0 Å². The van der Waals surface area contributed by atoms with Gasteiger partial charge in [0.05, 0.1) is 5.88 Å². The maximum Gasteiger partial charge on any atom is 0.225 e. The molecule has 0 N–H and O–H groups in total. The van der Waals surface area contributed by atoms with Gasteiger partial charge in [-0.15, -0.1) is 11.6 Å². The SMILES string of the molecule is Cc1nc(N2CCC(C(C)(C)C)CC2)ncc1CCl. The van der Waals surface area contributed by atoms with E-state index in [1.807, 2.05) is 13.1 Å². The lowest BCUT2D eigenvalue weighted by molar-refractivity contribution is 0.198. The van der Waals surface area contributed by atoms with Gasteiger partial charge in [-0.1, -0.05) is 20.8 Å². The summed E-state index contributed by atoms with van der Waals surface area (Å²) >= 11 is 5.85. The summed E-state index contributed by atoms with van der Waals surface area (Å²) < 4.78 is 0. The van der Waals surface area contributed by atoms with Crippen LogP contribution in [0.3, 0.4) is 0 Å². The minimum atomic E-state index is 0.408. The smallest absolute Gasteiger partial charge is 0.225 e. The van der Waals surface area contributed by atoms with E-state index in [2.05, 4.69) is 35.6 Å². The van der Waals surface area contributed by atoms with E-state index in [-0.39, 0.29) is 0 Å². The average molecular weight is 282 g/mol. The van der Waals surface area contributed by atoms with Crippen molar-refractivity contribution in [2.75, 3.05) is 18.0 Å². The van der Waals surface area contributed by atoms with Gasteiger partial charge in [-0.05, 0) is 31.1 Å². The third-order valence-corrected chi connectivity index (χ3v) is 4.50. The molecule has 1 fully saturated rings. The highest BCUT2D eigenvalue weighted by atomic mass is 35.5. The first-order chi connectivity index (χ1) is 8.91. The van der Waals surface area contributed by atoms with Crippen LogP contribution in [0.5, 0.6) is 0 Å². The second kappa shape index (κ2) is 5.66. The number of halogens is 1. The molecule has 0 bridgehead atoms. The predicted octanol–water partition coefficient (Wildman–Crippen LogP) is 3.79. The number of alkyl halides is 1. The third kappa shape index (κ3) is 3.38. The number of aryl methyl sites for hydroxylation is 1. The fourth-order valence-electron chi connectivity index (χ4n) is 2.71. The molecule has 0 unspecified atom stereocenters. The lowest BCUT2D eigenvalue weighted by Gasteiger charge is -2.38. The first-order valence-corrected chi connectivity index (χ1v) is 7.58. The minimum absolute atomic E-state index is 0.408. The lowest BCUT2D eigenvalue weighted by Crippen LogP contribution is -2.38. The Morgan fingerprint density at radius 2 is 1.95 bits per heavy atom. The van der Waals surface area contributed by atoms with Crippen molar-refractivity contribution in [1.29, 1.82) is 0 Å². The molecule has 1 aliphatic rings. The number of nitrogens with zero attached hydrogens (tertiary/aromatic N) is 3. The molecule has 0 saturated carbocycles. The van der Waals surface area contributed by atoms with Gasteiger partial charge < -0.3 is 4.90 Å². The van der Waals surface area contributed by atoms with Gasteiger partial charge in [0.2, 0.25) is 5.95 Å². The van der Waals surface area contributed by atoms with Crippen molar-refractivity contribution in [2.24, 2.45) is 11.3 Å². The summed E-state index contributed by atoms with van der Waals surface area (Å²) in [5.41, 5.74) is 2.43. The molecule has 2 rings (SSSR count). The molecule has 2 heterocycles. The lowest BCUT2D eigenvalue weighted by atomic mass is 9.75. The number of aromatic nitrogens is 2. The summed E-state index contributed by atoms with van der Waals surface area (Å²) in [4.78, 5) is 11.3. The maximum atomic E-state index is 5.85. The molecular weight excluding hydrogens is 258 g/mol. The van der Waals surface area contributed by atoms with Crippen molar-refractivity contribution in [1.82, 2.24) is 9.97 Å². The van der Waals surface area contributed by atoms with Crippen molar-refractivity contribution in [3.63, 3.8) is 0 Å². The summed E-state index contributed by atoms with van der Waals surface area (Å²) in [5, 5.41) is 0. The Kier molecular flexibility index (Phi) is 4.34. The second-order valence-electron chi connectivity index (χ2n) is 6.54. The van der Waals surface area contributed by atoms with Crippen LogP contribution in [0.2, 0.25) is 0 Å². The number of hydrogen-bond acceptors (Lipinski definition) is 3. The van der Waals surface area contributed by atoms with Crippen LogP contribution >= 0.6 is 11.6 Å². The van der Waals surface area contributed by atoms with Crippen LogP contribution in [-0.2, 0) is 5.88 Å². The molecule has 1 saturated heterocycles. The normalized spacial score (nSPS) is 17.8. The monoisotopic (exact) mass is 281 g/mol. The average Bonchev–Trinajstić information content (AvgIpc) is 2.38. The molecule has 4 heteroatoms. The molecule has 0 spiro atoms. The fraction of sp³-hybridized carbons (Fsp3) is 0.733. The number of rotatable bonds is 2. The zero-order valence-electron chi connectivity index (χ0n) is 12.4. The summed E-state index contributed by atoms with van der Waals surface area (Å²) in [6.45, 7) is 11.1. The van der Waals surface area contributed by atoms with Crippen molar-refractivity contribution in [2.45, 2.75) is 46.4 Å². The highest BCUT2D eigenvalue weighted by Gasteiger charge is 2.29. The highest BCUT2D eigenvalue weighted by molar-refractivity contribution is 6.17. The Bertz CT molecular complexity index is 432. The summed E-state index contributed by atoms with van der Waals surface area (Å²) in [6, 6.07) is 0. The fourth-order valence-corrected chi connectivity index (χ4v) is 2.97. The Balaban J connectivity index is 2.04. The van der Waals surface area contributed by atoms with E-state index < -0.39 is 0 Å². The molecule has 0 radical (unpaired) electrons. The molecule has 1 aromatic heterocycles. The van der Waals surface area contributed by atoms with Crippen LogP contribution < -0.4 is 4.90 Å². The van der Waals surface area contributed by atoms with Gasteiger partial charge in [-0.25, -0.2) is 9.97 Å². The van der Waals surface area contributed by atoms with Gasteiger partial charge in [0, 0.05) is 30.5 Å². The van der Waals surface area contributed by atoms with E-state index in [4.69, 9.17) is 11.6 Å². The number of anilines is 1. The molecule has 0 aromatic carbocycles. The topological polar surface area (TPSA) is 29.0 Å². The molecule has 1 aromatic rings. The standard InChI is InChI=1S/C15H24ClN3/c1-11-12(9-16)10-17-14(18-11)19-7-5-13(6-8-19)15(2,3)4/h10,13H,5-9H2,1-4H3. The van der Waals surface area contributed by atoms with Crippen LogP contribution in [0.1, 0.15) is 44.9 Å². The molecule has 1 aliphatic heterocycles. The summed E-state index contributed by atoms with van der Waals surface area (Å²) in [6.07, 6.45) is 4.31. The van der Waals surface area contributed by atoms with Crippen LogP contribution in [0, 0.1) is 18.3 Å². The van der Waals surface area contributed by atoms with Crippen LogP contribution in [-0.4, -0.2) is 23.1 Å². The first kappa shape index (κ1) is 14.6. The first-order valence-electron chi connectivity index (χ1n) is 7.05. The molecule has 0 atom stereocenters. The Hall–Kier alpha value is -0.830. The van der Waals surface area contributed by atoms with Crippen molar-refractivity contribution in [3.8, 4) is 0 Å². The zero-order valence-corrected chi connectivity index (χ0v) is 13.2. The number of hydrogen-bond donors (Lipinski definition) is 0. The van der Waals surface area contributed by atoms with E-state index in [9.17, 15) is 0 Å². The molecule has 0 aliphatic carbocycles.